The molecule has 82 valence electrons. The molecule has 0 aromatic carbocycles. The van der Waals surface area contributed by atoms with Crippen molar-refractivity contribution in [1.29, 1.82) is 0 Å². The van der Waals surface area contributed by atoms with Gasteiger partial charge in [0.1, 0.15) is 0 Å². The van der Waals surface area contributed by atoms with Gasteiger partial charge in [0.25, 0.3) is 0 Å². The van der Waals surface area contributed by atoms with E-state index in [4.69, 9.17) is 0 Å². The van der Waals surface area contributed by atoms with Crippen molar-refractivity contribution in [2.45, 2.75) is 31.4 Å². The van der Waals surface area contributed by atoms with Gasteiger partial charge in [-0.1, -0.05) is 6.42 Å². The molecule has 1 heterocycles. The standard InChI is InChI=1S/C11H22N2O/c1-12-6-7-13(2)10(8-12)11(14)9-4-3-5-9/h9-11,14H,3-8H2,1-2H3. The molecular formula is C11H22N2O. The lowest BCUT2D eigenvalue weighted by Crippen LogP contribution is -2.57. The highest BCUT2D eigenvalue weighted by molar-refractivity contribution is 4.90. The second-order valence-corrected chi connectivity index (χ2v) is 4.99. The third kappa shape index (κ3) is 1.95. The zero-order chi connectivity index (χ0) is 10.1. The molecule has 0 aromatic rings. The van der Waals surface area contributed by atoms with Crippen LogP contribution < -0.4 is 0 Å². The van der Waals surface area contributed by atoms with Gasteiger partial charge in [0.05, 0.1) is 6.10 Å². The molecule has 3 heteroatoms. The number of hydrogen-bond acceptors (Lipinski definition) is 3. The molecule has 3 nitrogen and oxygen atoms in total. The van der Waals surface area contributed by atoms with Crippen LogP contribution in [0.15, 0.2) is 0 Å². The van der Waals surface area contributed by atoms with Gasteiger partial charge in [-0.05, 0) is 32.9 Å². The maximum absolute atomic E-state index is 10.2. The molecule has 0 spiro atoms. The predicted octanol–water partition coefficient (Wildman–Crippen LogP) is 0.393. The molecule has 1 aliphatic carbocycles. The van der Waals surface area contributed by atoms with Crippen molar-refractivity contribution in [3.8, 4) is 0 Å². The average molecular weight is 198 g/mol. The summed E-state index contributed by atoms with van der Waals surface area (Å²) in [6, 6.07) is 0.360. The summed E-state index contributed by atoms with van der Waals surface area (Å²) >= 11 is 0. The molecule has 2 unspecified atom stereocenters. The normalized spacial score (nSPS) is 34.1. The fraction of sp³-hybridized carbons (Fsp3) is 1.00. The lowest BCUT2D eigenvalue weighted by atomic mass is 9.78. The van der Waals surface area contributed by atoms with Gasteiger partial charge in [-0.25, -0.2) is 0 Å². The minimum Gasteiger partial charge on any atom is -0.391 e. The lowest BCUT2D eigenvalue weighted by Gasteiger charge is -2.44. The Morgan fingerprint density at radius 3 is 2.50 bits per heavy atom. The Hall–Kier alpha value is -0.120. The Morgan fingerprint density at radius 1 is 1.21 bits per heavy atom. The van der Waals surface area contributed by atoms with Gasteiger partial charge in [0.2, 0.25) is 0 Å². The SMILES string of the molecule is CN1CCN(C)C(C(O)C2CCC2)C1. The highest BCUT2D eigenvalue weighted by Gasteiger charge is 2.35. The van der Waals surface area contributed by atoms with Crippen LogP contribution in [0.2, 0.25) is 0 Å². The summed E-state index contributed by atoms with van der Waals surface area (Å²) in [5.74, 6) is 0.578. The first kappa shape index (κ1) is 10.4. The fourth-order valence-corrected chi connectivity index (χ4v) is 2.51. The summed E-state index contributed by atoms with van der Waals surface area (Å²) in [6.07, 6.45) is 3.68. The predicted molar refractivity (Wildman–Crippen MR) is 57.3 cm³/mol. The molecule has 1 saturated heterocycles. The molecule has 0 amide bonds. The van der Waals surface area contributed by atoms with E-state index >= 15 is 0 Å². The van der Waals surface area contributed by atoms with Crippen molar-refractivity contribution < 1.29 is 5.11 Å². The van der Waals surface area contributed by atoms with Crippen LogP contribution in [0.3, 0.4) is 0 Å². The zero-order valence-electron chi connectivity index (χ0n) is 9.32. The average Bonchev–Trinajstić information content (AvgIpc) is 2.06. The van der Waals surface area contributed by atoms with Crippen molar-refractivity contribution in [3.05, 3.63) is 0 Å². The number of aliphatic hydroxyl groups excluding tert-OH is 1. The Kier molecular flexibility index (Phi) is 3.10. The van der Waals surface area contributed by atoms with E-state index in [1.165, 1.54) is 19.3 Å². The van der Waals surface area contributed by atoms with Crippen molar-refractivity contribution in [3.63, 3.8) is 0 Å². The van der Waals surface area contributed by atoms with Gasteiger partial charge >= 0.3 is 0 Å². The highest BCUT2D eigenvalue weighted by atomic mass is 16.3. The van der Waals surface area contributed by atoms with Crippen LogP contribution in [0.4, 0.5) is 0 Å². The van der Waals surface area contributed by atoms with Gasteiger partial charge in [-0.15, -0.1) is 0 Å². The van der Waals surface area contributed by atoms with E-state index in [9.17, 15) is 5.11 Å². The maximum Gasteiger partial charge on any atom is 0.0735 e. The molecule has 2 fully saturated rings. The molecule has 0 radical (unpaired) electrons. The van der Waals surface area contributed by atoms with Crippen LogP contribution in [0.5, 0.6) is 0 Å². The van der Waals surface area contributed by atoms with Gasteiger partial charge in [0.15, 0.2) is 0 Å². The van der Waals surface area contributed by atoms with E-state index in [1.807, 2.05) is 0 Å². The molecule has 2 aliphatic rings. The fourth-order valence-electron chi connectivity index (χ4n) is 2.51. The molecule has 0 aromatic heterocycles. The number of hydrogen-bond donors (Lipinski definition) is 1. The minimum atomic E-state index is -0.100. The summed E-state index contributed by atoms with van der Waals surface area (Å²) < 4.78 is 0. The van der Waals surface area contributed by atoms with E-state index in [0.29, 0.717) is 12.0 Å². The number of aliphatic hydroxyl groups is 1. The monoisotopic (exact) mass is 198 g/mol. The third-order valence-electron chi connectivity index (χ3n) is 3.93. The minimum absolute atomic E-state index is 0.100. The van der Waals surface area contributed by atoms with Crippen LogP contribution in [0, 0.1) is 5.92 Å². The molecule has 1 saturated carbocycles. The number of rotatable bonds is 2. The second-order valence-electron chi connectivity index (χ2n) is 4.99. The Bertz CT molecular complexity index is 194. The highest BCUT2D eigenvalue weighted by Crippen LogP contribution is 2.32. The quantitative estimate of drug-likeness (QED) is 0.695. The Balaban J connectivity index is 1.92. The third-order valence-corrected chi connectivity index (χ3v) is 3.93. The maximum atomic E-state index is 10.2. The first-order valence-electron chi connectivity index (χ1n) is 5.75. The lowest BCUT2D eigenvalue weighted by molar-refractivity contribution is -0.0355. The zero-order valence-corrected chi connectivity index (χ0v) is 9.32. The van der Waals surface area contributed by atoms with E-state index in [2.05, 4.69) is 23.9 Å². The van der Waals surface area contributed by atoms with Gasteiger partial charge in [-0.3, -0.25) is 4.90 Å². The van der Waals surface area contributed by atoms with Crippen LogP contribution in [-0.4, -0.2) is 60.8 Å². The van der Waals surface area contributed by atoms with E-state index in [0.717, 1.165) is 19.6 Å². The summed E-state index contributed by atoms with van der Waals surface area (Å²) in [7, 11) is 4.28. The molecule has 2 rings (SSSR count). The summed E-state index contributed by atoms with van der Waals surface area (Å²) in [5, 5.41) is 10.2. The molecule has 14 heavy (non-hydrogen) atoms. The van der Waals surface area contributed by atoms with Gasteiger partial charge in [-0.2, -0.15) is 0 Å². The van der Waals surface area contributed by atoms with E-state index in [-0.39, 0.29) is 6.10 Å². The van der Waals surface area contributed by atoms with Gasteiger partial charge < -0.3 is 10.0 Å². The Morgan fingerprint density at radius 2 is 1.93 bits per heavy atom. The first-order valence-corrected chi connectivity index (χ1v) is 5.75. The van der Waals surface area contributed by atoms with Crippen LogP contribution in [0.1, 0.15) is 19.3 Å². The molecule has 2 atom stereocenters. The van der Waals surface area contributed by atoms with Crippen molar-refractivity contribution in [2.75, 3.05) is 33.7 Å². The van der Waals surface area contributed by atoms with E-state index < -0.39 is 0 Å². The van der Waals surface area contributed by atoms with Gasteiger partial charge in [0, 0.05) is 25.7 Å². The summed E-state index contributed by atoms with van der Waals surface area (Å²) in [6.45, 7) is 3.24. The summed E-state index contributed by atoms with van der Waals surface area (Å²) in [5.41, 5.74) is 0. The number of piperazine rings is 1. The van der Waals surface area contributed by atoms with Crippen LogP contribution in [-0.2, 0) is 0 Å². The molecule has 1 N–H and O–H groups in total. The second kappa shape index (κ2) is 4.17. The number of likely N-dealkylation sites (N-methyl/N-ethyl adjacent to an activating group) is 2. The first-order chi connectivity index (χ1) is 6.68. The topological polar surface area (TPSA) is 26.7 Å². The number of nitrogens with zero attached hydrogens (tertiary/aromatic N) is 2. The van der Waals surface area contributed by atoms with Crippen LogP contribution >= 0.6 is 0 Å². The van der Waals surface area contributed by atoms with Crippen LogP contribution in [0.25, 0.3) is 0 Å². The summed E-state index contributed by atoms with van der Waals surface area (Å²) in [4.78, 5) is 4.65. The largest absolute Gasteiger partial charge is 0.391 e. The molecular weight excluding hydrogens is 176 g/mol. The molecule has 0 bridgehead atoms. The van der Waals surface area contributed by atoms with Crippen molar-refractivity contribution >= 4 is 0 Å². The smallest absolute Gasteiger partial charge is 0.0735 e. The van der Waals surface area contributed by atoms with E-state index in [1.54, 1.807) is 0 Å². The Labute approximate surface area is 86.7 Å². The van der Waals surface area contributed by atoms with Crippen molar-refractivity contribution in [2.24, 2.45) is 5.92 Å². The van der Waals surface area contributed by atoms with Crippen molar-refractivity contribution in [1.82, 2.24) is 9.80 Å². The molecule has 1 aliphatic heterocycles.